The van der Waals surface area contributed by atoms with E-state index in [2.05, 4.69) is 0 Å². The first-order valence-electron chi connectivity index (χ1n) is 7.59. The molecule has 24 heavy (non-hydrogen) atoms. The van der Waals surface area contributed by atoms with Gasteiger partial charge in [-0.3, -0.25) is 9.59 Å². The lowest BCUT2D eigenvalue weighted by molar-refractivity contribution is -0.138. The van der Waals surface area contributed by atoms with Gasteiger partial charge in [0.05, 0.1) is 10.8 Å². The fraction of sp³-hybridized carbons (Fsp3) is 0.100. The van der Waals surface area contributed by atoms with Crippen LogP contribution in [0.3, 0.4) is 0 Å². The summed E-state index contributed by atoms with van der Waals surface area (Å²) in [5, 5.41) is 9.39. The highest BCUT2D eigenvalue weighted by molar-refractivity contribution is 7.17. The van der Waals surface area contributed by atoms with Crippen molar-refractivity contribution >= 4 is 23.1 Å². The number of rotatable bonds is 5. The molecule has 0 aliphatic carbocycles. The van der Waals surface area contributed by atoms with E-state index in [0.29, 0.717) is 16.0 Å². The SMILES string of the molecule is C[C@H](C(=O)O)c1cc(C(=O)c2ccccc2)sc1-c1ccccc1. The molecule has 0 spiro atoms. The zero-order valence-electron chi connectivity index (χ0n) is 13.1. The van der Waals surface area contributed by atoms with Crippen LogP contribution in [0.15, 0.2) is 66.7 Å². The van der Waals surface area contributed by atoms with Crippen LogP contribution in [0.4, 0.5) is 0 Å². The third-order valence-electron chi connectivity index (χ3n) is 3.89. The lowest BCUT2D eigenvalue weighted by atomic mass is 9.98. The van der Waals surface area contributed by atoms with Crippen LogP contribution in [0, 0.1) is 0 Å². The van der Waals surface area contributed by atoms with E-state index in [1.165, 1.54) is 11.3 Å². The van der Waals surface area contributed by atoms with Gasteiger partial charge in [0.1, 0.15) is 0 Å². The molecule has 0 bridgehead atoms. The second kappa shape index (κ2) is 6.81. The normalized spacial score (nSPS) is 11.9. The number of thiophene rings is 1. The number of ketones is 1. The van der Waals surface area contributed by atoms with Crippen molar-refractivity contribution in [3.63, 3.8) is 0 Å². The molecular weight excluding hydrogens is 320 g/mol. The molecule has 0 aliphatic rings. The van der Waals surface area contributed by atoms with Gasteiger partial charge in [-0.05, 0) is 24.1 Å². The van der Waals surface area contributed by atoms with Crippen molar-refractivity contribution in [3.8, 4) is 10.4 Å². The molecule has 1 N–H and O–H groups in total. The minimum absolute atomic E-state index is 0.0818. The van der Waals surface area contributed by atoms with Crippen LogP contribution in [0.1, 0.15) is 33.6 Å². The van der Waals surface area contributed by atoms with E-state index < -0.39 is 11.9 Å². The number of benzene rings is 2. The van der Waals surface area contributed by atoms with Crippen molar-refractivity contribution in [2.24, 2.45) is 0 Å². The number of carbonyl (C=O) groups excluding carboxylic acids is 1. The van der Waals surface area contributed by atoms with Gasteiger partial charge >= 0.3 is 5.97 Å². The molecule has 2 aromatic carbocycles. The Labute approximate surface area is 144 Å². The summed E-state index contributed by atoms with van der Waals surface area (Å²) < 4.78 is 0. The summed E-state index contributed by atoms with van der Waals surface area (Å²) in [6, 6.07) is 20.3. The molecule has 1 aromatic heterocycles. The summed E-state index contributed by atoms with van der Waals surface area (Å²) in [5.74, 6) is -1.65. The van der Waals surface area contributed by atoms with Gasteiger partial charge in [0.25, 0.3) is 0 Å². The Morgan fingerprint density at radius 3 is 2.12 bits per heavy atom. The first kappa shape index (κ1) is 16.1. The molecule has 0 saturated heterocycles. The topological polar surface area (TPSA) is 54.4 Å². The van der Waals surface area contributed by atoms with Gasteiger partial charge in [-0.2, -0.15) is 0 Å². The molecule has 0 radical (unpaired) electrons. The fourth-order valence-electron chi connectivity index (χ4n) is 2.52. The quantitative estimate of drug-likeness (QED) is 0.679. The molecule has 0 unspecified atom stereocenters. The Morgan fingerprint density at radius 2 is 1.54 bits per heavy atom. The highest BCUT2D eigenvalue weighted by atomic mass is 32.1. The average molecular weight is 336 g/mol. The van der Waals surface area contributed by atoms with Gasteiger partial charge in [-0.1, -0.05) is 60.7 Å². The highest BCUT2D eigenvalue weighted by Gasteiger charge is 2.24. The van der Waals surface area contributed by atoms with Crippen LogP contribution >= 0.6 is 11.3 Å². The van der Waals surface area contributed by atoms with Crippen LogP contribution in [-0.4, -0.2) is 16.9 Å². The van der Waals surface area contributed by atoms with E-state index in [1.54, 1.807) is 25.1 Å². The molecule has 3 nitrogen and oxygen atoms in total. The summed E-state index contributed by atoms with van der Waals surface area (Å²) in [7, 11) is 0. The predicted molar refractivity (Wildman–Crippen MR) is 95.7 cm³/mol. The number of carbonyl (C=O) groups is 2. The summed E-state index contributed by atoms with van der Waals surface area (Å²) in [6.07, 6.45) is 0. The van der Waals surface area contributed by atoms with Gasteiger partial charge in [-0.25, -0.2) is 0 Å². The average Bonchev–Trinajstić information content (AvgIpc) is 3.07. The Hall–Kier alpha value is -2.72. The molecule has 0 fully saturated rings. The molecule has 0 saturated carbocycles. The van der Waals surface area contributed by atoms with Gasteiger partial charge < -0.3 is 5.11 Å². The zero-order chi connectivity index (χ0) is 17.1. The lowest BCUT2D eigenvalue weighted by Gasteiger charge is -2.07. The van der Waals surface area contributed by atoms with Crippen molar-refractivity contribution in [1.82, 2.24) is 0 Å². The largest absolute Gasteiger partial charge is 0.481 e. The summed E-state index contributed by atoms with van der Waals surface area (Å²) in [4.78, 5) is 25.5. The van der Waals surface area contributed by atoms with E-state index in [9.17, 15) is 14.7 Å². The van der Waals surface area contributed by atoms with Gasteiger partial charge in [0.15, 0.2) is 0 Å². The first-order valence-corrected chi connectivity index (χ1v) is 8.41. The predicted octanol–water partition coefficient (Wildman–Crippen LogP) is 4.83. The Bertz CT molecular complexity index is 866. The van der Waals surface area contributed by atoms with E-state index in [0.717, 1.165) is 10.4 Å². The Balaban J connectivity index is 2.10. The van der Waals surface area contributed by atoms with Crippen molar-refractivity contribution < 1.29 is 14.7 Å². The lowest BCUT2D eigenvalue weighted by Crippen LogP contribution is -2.07. The van der Waals surface area contributed by atoms with Gasteiger partial charge in [-0.15, -0.1) is 11.3 Å². The van der Waals surface area contributed by atoms with E-state index >= 15 is 0 Å². The Kier molecular flexibility index (Phi) is 4.58. The molecule has 0 aliphatic heterocycles. The molecule has 4 heteroatoms. The second-order valence-electron chi connectivity index (χ2n) is 5.52. The van der Waals surface area contributed by atoms with E-state index in [-0.39, 0.29) is 5.78 Å². The standard InChI is InChI=1S/C20H16O3S/c1-13(20(22)23)16-12-17(18(21)14-8-4-2-5-9-14)24-19(16)15-10-6-3-7-11-15/h2-13H,1H3,(H,22,23)/t13-/m0/s1. The van der Waals surface area contributed by atoms with Crippen molar-refractivity contribution in [2.45, 2.75) is 12.8 Å². The third-order valence-corrected chi connectivity index (χ3v) is 5.09. The molecule has 0 amide bonds. The minimum Gasteiger partial charge on any atom is -0.481 e. The number of hydrogen-bond donors (Lipinski definition) is 1. The summed E-state index contributed by atoms with van der Waals surface area (Å²) in [5.41, 5.74) is 2.21. The molecule has 1 heterocycles. The van der Waals surface area contributed by atoms with Crippen LogP contribution in [-0.2, 0) is 4.79 Å². The Morgan fingerprint density at radius 1 is 0.958 bits per heavy atom. The van der Waals surface area contributed by atoms with Gasteiger partial charge in [0, 0.05) is 10.4 Å². The van der Waals surface area contributed by atoms with Crippen LogP contribution in [0.5, 0.6) is 0 Å². The van der Waals surface area contributed by atoms with Crippen LogP contribution in [0.25, 0.3) is 10.4 Å². The number of aliphatic carboxylic acids is 1. The summed E-state index contributed by atoms with van der Waals surface area (Å²) in [6.45, 7) is 1.65. The minimum atomic E-state index is -0.899. The van der Waals surface area contributed by atoms with E-state index in [4.69, 9.17) is 0 Å². The number of hydrogen-bond acceptors (Lipinski definition) is 3. The monoisotopic (exact) mass is 336 g/mol. The fourth-order valence-corrected chi connectivity index (χ4v) is 3.74. The maximum atomic E-state index is 12.7. The molecule has 120 valence electrons. The second-order valence-corrected chi connectivity index (χ2v) is 6.57. The summed E-state index contributed by atoms with van der Waals surface area (Å²) >= 11 is 1.35. The third kappa shape index (κ3) is 3.14. The molecule has 1 atom stereocenters. The first-order chi connectivity index (χ1) is 11.6. The van der Waals surface area contributed by atoms with Crippen molar-refractivity contribution in [2.75, 3.05) is 0 Å². The smallest absolute Gasteiger partial charge is 0.310 e. The van der Waals surface area contributed by atoms with Crippen molar-refractivity contribution in [3.05, 3.63) is 82.7 Å². The maximum absolute atomic E-state index is 12.7. The molecular formula is C20H16O3S. The van der Waals surface area contributed by atoms with Crippen LogP contribution < -0.4 is 0 Å². The molecule has 3 rings (SSSR count). The van der Waals surface area contributed by atoms with Crippen LogP contribution in [0.2, 0.25) is 0 Å². The zero-order valence-corrected chi connectivity index (χ0v) is 13.9. The maximum Gasteiger partial charge on any atom is 0.310 e. The highest BCUT2D eigenvalue weighted by Crippen LogP contribution is 2.38. The number of carboxylic acids is 1. The van der Waals surface area contributed by atoms with Crippen molar-refractivity contribution in [1.29, 1.82) is 0 Å². The number of carboxylic acid groups (broad SMARTS) is 1. The van der Waals surface area contributed by atoms with Gasteiger partial charge in [0.2, 0.25) is 5.78 Å². The van der Waals surface area contributed by atoms with E-state index in [1.807, 2.05) is 48.5 Å². The molecule has 3 aromatic rings.